The average molecular weight is 269 g/mol. The molecule has 0 aliphatic heterocycles. The highest BCUT2D eigenvalue weighted by molar-refractivity contribution is 5.30. The molecular formula is C15H21F2NO. The van der Waals surface area contributed by atoms with Gasteiger partial charge in [-0.05, 0) is 43.5 Å². The van der Waals surface area contributed by atoms with Gasteiger partial charge in [0.05, 0.1) is 0 Å². The molecule has 1 aliphatic rings. The third kappa shape index (κ3) is 3.24. The number of phenolic OH excluding ortho intramolecular Hbond substituents is 1. The summed E-state index contributed by atoms with van der Waals surface area (Å²) in [6, 6.07) is 2.89. The summed E-state index contributed by atoms with van der Waals surface area (Å²) in [5.41, 5.74) is 0.563. The lowest BCUT2D eigenvalue weighted by Gasteiger charge is -2.36. The lowest BCUT2D eigenvalue weighted by molar-refractivity contribution is 0.133. The fourth-order valence-electron chi connectivity index (χ4n) is 3.07. The molecule has 0 aromatic heterocycles. The minimum Gasteiger partial charge on any atom is -0.503 e. The van der Waals surface area contributed by atoms with Crippen LogP contribution in [0, 0.1) is 17.6 Å². The zero-order valence-electron chi connectivity index (χ0n) is 11.5. The Hall–Kier alpha value is -1.16. The van der Waals surface area contributed by atoms with Crippen molar-refractivity contribution in [1.29, 1.82) is 0 Å². The number of phenols is 1. The van der Waals surface area contributed by atoms with Crippen molar-refractivity contribution >= 4 is 0 Å². The zero-order chi connectivity index (χ0) is 14.0. The number of halogens is 2. The van der Waals surface area contributed by atoms with Crippen LogP contribution in [0.2, 0.25) is 0 Å². The molecule has 0 spiro atoms. The number of rotatable bonds is 3. The summed E-state index contributed by atoms with van der Waals surface area (Å²) in [6.07, 6.45) is 4.85. The summed E-state index contributed by atoms with van der Waals surface area (Å²) in [7, 11) is 2.00. The normalized spacial score (nSPS) is 23.8. The van der Waals surface area contributed by atoms with Crippen LogP contribution in [0.1, 0.15) is 38.2 Å². The number of hydrogen-bond donors (Lipinski definition) is 1. The van der Waals surface area contributed by atoms with E-state index < -0.39 is 17.4 Å². The second-order valence-corrected chi connectivity index (χ2v) is 5.65. The van der Waals surface area contributed by atoms with Gasteiger partial charge >= 0.3 is 0 Å². The average Bonchev–Trinajstić information content (AvgIpc) is 2.36. The van der Waals surface area contributed by atoms with Crippen molar-refractivity contribution in [3.63, 3.8) is 0 Å². The van der Waals surface area contributed by atoms with Crippen molar-refractivity contribution in [3.8, 4) is 5.75 Å². The Morgan fingerprint density at radius 2 is 1.79 bits per heavy atom. The van der Waals surface area contributed by atoms with Gasteiger partial charge in [0.1, 0.15) is 0 Å². The fraction of sp³-hybridized carbons (Fsp3) is 0.600. The predicted octanol–water partition coefficient (Wildman–Crippen LogP) is 3.68. The Kier molecular flexibility index (Phi) is 4.40. The number of benzene rings is 1. The van der Waals surface area contributed by atoms with Gasteiger partial charge in [-0.3, -0.25) is 4.90 Å². The minimum atomic E-state index is -0.891. The molecule has 4 heteroatoms. The van der Waals surface area contributed by atoms with Gasteiger partial charge in [-0.25, -0.2) is 8.78 Å². The molecule has 0 radical (unpaired) electrons. The first-order chi connectivity index (χ1) is 8.99. The molecule has 1 saturated carbocycles. The quantitative estimate of drug-likeness (QED) is 0.904. The molecule has 1 aliphatic carbocycles. The van der Waals surface area contributed by atoms with Gasteiger partial charge in [-0.15, -0.1) is 0 Å². The van der Waals surface area contributed by atoms with E-state index in [4.69, 9.17) is 5.11 Å². The van der Waals surface area contributed by atoms with Crippen molar-refractivity contribution < 1.29 is 13.9 Å². The van der Waals surface area contributed by atoms with Crippen molar-refractivity contribution in [2.75, 3.05) is 7.05 Å². The summed E-state index contributed by atoms with van der Waals surface area (Å²) >= 11 is 0. The third-order valence-electron chi connectivity index (χ3n) is 4.14. The van der Waals surface area contributed by atoms with Crippen LogP contribution in [-0.2, 0) is 6.54 Å². The first-order valence-electron chi connectivity index (χ1n) is 6.86. The van der Waals surface area contributed by atoms with Crippen molar-refractivity contribution in [2.24, 2.45) is 5.92 Å². The van der Waals surface area contributed by atoms with Crippen LogP contribution in [0.5, 0.6) is 5.75 Å². The summed E-state index contributed by atoms with van der Waals surface area (Å²) in [5.74, 6) is -2.05. The Morgan fingerprint density at radius 3 is 2.37 bits per heavy atom. The molecule has 2 unspecified atom stereocenters. The molecule has 1 aromatic rings. The van der Waals surface area contributed by atoms with Gasteiger partial charge in [0.15, 0.2) is 17.4 Å². The smallest absolute Gasteiger partial charge is 0.187 e. The van der Waals surface area contributed by atoms with E-state index in [0.717, 1.165) is 6.42 Å². The highest BCUT2D eigenvalue weighted by Crippen LogP contribution is 2.29. The molecule has 2 atom stereocenters. The topological polar surface area (TPSA) is 23.5 Å². The molecular weight excluding hydrogens is 248 g/mol. The van der Waals surface area contributed by atoms with Crippen LogP contribution >= 0.6 is 0 Å². The van der Waals surface area contributed by atoms with Gasteiger partial charge < -0.3 is 5.11 Å². The van der Waals surface area contributed by atoms with E-state index in [-0.39, 0.29) is 0 Å². The van der Waals surface area contributed by atoms with Crippen LogP contribution in [0.25, 0.3) is 0 Å². The zero-order valence-corrected chi connectivity index (χ0v) is 11.5. The Balaban J connectivity index is 2.08. The van der Waals surface area contributed by atoms with E-state index in [1.807, 2.05) is 7.05 Å². The number of hydrogen-bond acceptors (Lipinski definition) is 2. The third-order valence-corrected chi connectivity index (χ3v) is 4.14. The van der Waals surface area contributed by atoms with Crippen LogP contribution in [0.4, 0.5) is 8.78 Å². The van der Waals surface area contributed by atoms with E-state index >= 15 is 0 Å². The summed E-state index contributed by atoms with van der Waals surface area (Å²) in [4.78, 5) is 2.16. The van der Waals surface area contributed by atoms with Crippen LogP contribution in [0.3, 0.4) is 0 Å². The fourth-order valence-corrected chi connectivity index (χ4v) is 3.07. The van der Waals surface area contributed by atoms with Gasteiger partial charge in [-0.1, -0.05) is 19.8 Å². The van der Waals surface area contributed by atoms with Gasteiger partial charge in [0.25, 0.3) is 0 Å². The van der Waals surface area contributed by atoms with E-state index in [1.54, 1.807) is 0 Å². The monoisotopic (exact) mass is 269 g/mol. The van der Waals surface area contributed by atoms with E-state index in [9.17, 15) is 8.78 Å². The summed E-state index contributed by atoms with van der Waals surface area (Å²) in [5, 5.41) is 9.09. The molecule has 0 amide bonds. The predicted molar refractivity (Wildman–Crippen MR) is 70.9 cm³/mol. The lowest BCUT2D eigenvalue weighted by Crippen LogP contribution is -2.38. The second-order valence-electron chi connectivity index (χ2n) is 5.65. The maximum atomic E-state index is 13.3. The molecule has 19 heavy (non-hydrogen) atoms. The standard InChI is InChI=1S/C15H21F2NO/c1-10-5-3-4-6-14(10)18(2)9-11-7-12(16)15(19)13(17)8-11/h7-8,10,14,19H,3-6,9H2,1-2H3. The number of nitrogens with zero attached hydrogens (tertiary/aromatic N) is 1. The Morgan fingerprint density at radius 1 is 1.21 bits per heavy atom. The molecule has 1 N–H and O–H groups in total. The molecule has 1 fully saturated rings. The van der Waals surface area contributed by atoms with E-state index in [1.165, 1.54) is 31.4 Å². The van der Waals surface area contributed by atoms with Crippen molar-refractivity contribution in [3.05, 3.63) is 29.3 Å². The molecule has 0 saturated heterocycles. The molecule has 0 bridgehead atoms. The van der Waals surface area contributed by atoms with Gasteiger partial charge in [-0.2, -0.15) is 0 Å². The maximum Gasteiger partial charge on any atom is 0.187 e. The van der Waals surface area contributed by atoms with Crippen LogP contribution in [0.15, 0.2) is 12.1 Å². The van der Waals surface area contributed by atoms with Crippen molar-refractivity contribution in [1.82, 2.24) is 4.90 Å². The lowest BCUT2D eigenvalue weighted by atomic mass is 9.85. The summed E-state index contributed by atoms with van der Waals surface area (Å²) in [6.45, 7) is 2.74. The number of aromatic hydroxyl groups is 1. The SMILES string of the molecule is CC1CCCCC1N(C)Cc1cc(F)c(O)c(F)c1. The molecule has 2 rings (SSSR count). The van der Waals surface area contributed by atoms with E-state index in [0.29, 0.717) is 24.1 Å². The van der Waals surface area contributed by atoms with Crippen molar-refractivity contribution in [2.45, 2.75) is 45.2 Å². The van der Waals surface area contributed by atoms with E-state index in [2.05, 4.69) is 11.8 Å². The largest absolute Gasteiger partial charge is 0.503 e. The molecule has 1 aromatic carbocycles. The maximum absolute atomic E-state index is 13.3. The second kappa shape index (κ2) is 5.87. The summed E-state index contributed by atoms with van der Waals surface area (Å²) < 4.78 is 26.6. The first kappa shape index (κ1) is 14.3. The molecule has 0 heterocycles. The van der Waals surface area contributed by atoms with Crippen LogP contribution < -0.4 is 0 Å². The molecule has 106 valence electrons. The van der Waals surface area contributed by atoms with Gasteiger partial charge in [0.2, 0.25) is 0 Å². The minimum absolute atomic E-state index is 0.466. The highest BCUT2D eigenvalue weighted by atomic mass is 19.1. The highest BCUT2D eigenvalue weighted by Gasteiger charge is 2.25. The molecule has 2 nitrogen and oxygen atoms in total. The Labute approximate surface area is 113 Å². The first-order valence-corrected chi connectivity index (χ1v) is 6.86. The Bertz CT molecular complexity index is 427. The van der Waals surface area contributed by atoms with Crippen LogP contribution in [-0.4, -0.2) is 23.1 Å². The van der Waals surface area contributed by atoms with Gasteiger partial charge in [0, 0.05) is 12.6 Å².